The molecule has 6 heteroatoms. The molecule has 1 N–H and O–H groups in total. The van der Waals surface area contributed by atoms with E-state index in [1.807, 2.05) is 0 Å². The van der Waals surface area contributed by atoms with Gasteiger partial charge in [0, 0.05) is 31.2 Å². The van der Waals surface area contributed by atoms with E-state index >= 15 is 0 Å². The molecular weight excluding hydrogens is 290 g/mol. The van der Waals surface area contributed by atoms with Gasteiger partial charge in [-0.15, -0.1) is 11.3 Å². The Kier molecular flexibility index (Phi) is 7.11. The zero-order valence-corrected chi connectivity index (χ0v) is 13.4. The maximum absolute atomic E-state index is 12.5. The minimum absolute atomic E-state index is 0.0410. The van der Waals surface area contributed by atoms with Gasteiger partial charge in [-0.3, -0.25) is 4.79 Å². The molecule has 0 spiro atoms. The van der Waals surface area contributed by atoms with Gasteiger partial charge in [0.2, 0.25) is 0 Å². The molecular formula is C15H21NO4S. The van der Waals surface area contributed by atoms with Gasteiger partial charge in [-0.05, 0) is 24.1 Å². The number of rotatable bonds is 8. The highest BCUT2D eigenvalue weighted by molar-refractivity contribution is 7.14. The number of carboxylic acid groups (broad SMARTS) is 1. The first kappa shape index (κ1) is 17.4. The van der Waals surface area contributed by atoms with Crippen molar-refractivity contribution in [3.05, 3.63) is 28.0 Å². The van der Waals surface area contributed by atoms with Crippen molar-refractivity contribution in [2.75, 3.05) is 26.8 Å². The standard InChI is InChI=1S/C15H21NO4S/c1-11(2)10-16(8-9-20-3)15(19)13-6-4-12(21-13)5-7-14(17)18/h4-7,11H,8-10H2,1-3H3,(H,17,18). The van der Waals surface area contributed by atoms with Gasteiger partial charge in [0.25, 0.3) is 5.91 Å². The van der Waals surface area contributed by atoms with Gasteiger partial charge in [0.15, 0.2) is 0 Å². The molecule has 0 radical (unpaired) electrons. The Balaban J connectivity index is 2.80. The van der Waals surface area contributed by atoms with Gasteiger partial charge < -0.3 is 14.7 Å². The average Bonchev–Trinajstić information content (AvgIpc) is 2.88. The molecule has 0 aliphatic rings. The Bertz CT molecular complexity index is 508. The smallest absolute Gasteiger partial charge is 0.328 e. The Labute approximate surface area is 128 Å². The molecule has 1 aromatic rings. The number of carboxylic acids is 1. The zero-order valence-electron chi connectivity index (χ0n) is 12.5. The molecule has 0 saturated heterocycles. The van der Waals surface area contributed by atoms with Gasteiger partial charge in [0.05, 0.1) is 11.5 Å². The fourth-order valence-corrected chi connectivity index (χ4v) is 2.66. The van der Waals surface area contributed by atoms with E-state index in [-0.39, 0.29) is 5.91 Å². The van der Waals surface area contributed by atoms with E-state index in [9.17, 15) is 9.59 Å². The lowest BCUT2D eigenvalue weighted by atomic mass is 10.2. The van der Waals surface area contributed by atoms with Gasteiger partial charge >= 0.3 is 5.97 Å². The van der Waals surface area contributed by atoms with Crippen LogP contribution in [0.3, 0.4) is 0 Å². The Morgan fingerprint density at radius 3 is 2.71 bits per heavy atom. The van der Waals surface area contributed by atoms with Crippen LogP contribution < -0.4 is 0 Å². The predicted octanol–water partition coefficient (Wildman–Crippen LogP) is 2.59. The zero-order chi connectivity index (χ0) is 15.8. The summed E-state index contributed by atoms with van der Waals surface area (Å²) in [5.41, 5.74) is 0. The van der Waals surface area contributed by atoms with Crippen molar-refractivity contribution in [3.8, 4) is 0 Å². The lowest BCUT2D eigenvalue weighted by Gasteiger charge is -2.23. The van der Waals surface area contributed by atoms with Crippen LogP contribution in [-0.2, 0) is 9.53 Å². The molecule has 1 rings (SSSR count). The first-order valence-corrected chi connectivity index (χ1v) is 7.54. The number of amides is 1. The summed E-state index contributed by atoms with van der Waals surface area (Å²) in [6.45, 7) is 5.83. The summed E-state index contributed by atoms with van der Waals surface area (Å²) < 4.78 is 5.04. The van der Waals surface area contributed by atoms with Crippen molar-refractivity contribution >= 4 is 29.3 Å². The van der Waals surface area contributed by atoms with Crippen LogP contribution in [0, 0.1) is 5.92 Å². The van der Waals surface area contributed by atoms with Crippen molar-refractivity contribution in [3.63, 3.8) is 0 Å². The number of methoxy groups -OCH3 is 1. The molecule has 21 heavy (non-hydrogen) atoms. The Hall–Kier alpha value is -1.66. The van der Waals surface area contributed by atoms with Gasteiger partial charge in [0.1, 0.15) is 0 Å². The van der Waals surface area contributed by atoms with Crippen LogP contribution >= 0.6 is 11.3 Å². The second-order valence-electron chi connectivity index (χ2n) is 5.01. The Morgan fingerprint density at radius 2 is 2.14 bits per heavy atom. The first-order chi connectivity index (χ1) is 9.93. The Morgan fingerprint density at radius 1 is 1.43 bits per heavy atom. The van der Waals surface area contributed by atoms with Crippen LogP contribution in [0.5, 0.6) is 0 Å². The predicted molar refractivity (Wildman–Crippen MR) is 83.6 cm³/mol. The number of hydrogen-bond donors (Lipinski definition) is 1. The van der Waals surface area contributed by atoms with Crippen molar-refractivity contribution in [1.82, 2.24) is 4.90 Å². The van der Waals surface area contributed by atoms with Crippen molar-refractivity contribution in [2.24, 2.45) is 5.92 Å². The van der Waals surface area contributed by atoms with E-state index in [1.54, 1.807) is 24.1 Å². The molecule has 5 nitrogen and oxygen atoms in total. The second kappa shape index (κ2) is 8.59. The SMILES string of the molecule is COCCN(CC(C)C)C(=O)c1ccc(C=CC(=O)O)s1. The minimum atomic E-state index is -1.00. The van der Waals surface area contributed by atoms with Crippen LogP contribution in [0.2, 0.25) is 0 Å². The molecule has 0 fully saturated rings. The summed E-state index contributed by atoms with van der Waals surface area (Å²) in [6, 6.07) is 3.48. The molecule has 1 aromatic heterocycles. The number of carbonyl (C=O) groups is 2. The number of thiophene rings is 1. The third kappa shape index (κ3) is 6.10. The molecule has 1 amide bonds. The lowest BCUT2D eigenvalue weighted by molar-refractivity contribution is -0.131. The van der Waals surface area contributed by atoms with E-state index in [4.69, 9.17) is 9.84 Å². The molecule has 0 aliphatic heterocycles. The summed E-state index contributed by atoms with van der Waals surface area (Å²) >= 11 is 1.29. The monoisotopic (exact) mass is 311 g/mol. The van der Waals surface area contributed by atoms with E-state index in [2.05, 4.69) is 13.8 Å². The highest BCUT2D eigenvalue weighted by Gasteiger charge is 2.18. The largest absolute Gasteiger partial charge is 0.478 e. The van der Waals surface area contributed by atoms with Crippen LogP contribution in [0.4, 0.5) is 0 Å². The average molecular weight is 311 g/mol. The summed E-state index contributed by atoms with van der Waals surface area (Å²) in [4.78, 5) is 26.1. The van der Waals surface area contributed by atoms with Gasteiger partial charge in [-0.1, -0.05) is 13.8 Å². The molecule has 0 atom stereocenters. The molecule has 116 valence electrons. The number of hydrogen-bond acceptors (Lipinski definition) is 4. The fourth-order valence-electron chi connectivity index (χ4n) is 1.78. The second-order valence-corrected chi connectivity index (χ2v) is 6.13. The highest BCUT2D eigenvalue weighted by atomic mass is 32.1. The molecule has 1 heterocycles. The third-order valence-corrected chi connectivity index (χ3v) is 3.70. The van der Waals surface area contributed by atoms with Gasteiger partial charge in [-0.2, -0.15) is 0 Å². The van der Waals surface area contributed by atoms with E-state index in [0.717, 1.165) is 11.0 Å². The summed E-state index contributed by atoms with van der Waals surface area (Å²) in [5, 5.41) is 8.60. The summed E-state index contributed by atoms with van der Waals surface area (Å²) in [7, 11) is 1.61. The fraction of sp³-hybridized carbons (Fsp3) is 0.467. The molecule has 0 aromatic carbocycles. The number of nitrogens with zero attached hydrogens (tertiary/aromatic N) is 1. The summed E-state index contributed by atoms with van der Waals surface area (Å²) in [6.07, 6.45) is 2.56. The van der Waals surface area contributed by atoms with Gasteiger partial charge in [-0.25, -0.2) is 4.79 Å². The molecule has 0 aliphatic carbocycles. The molecule has 0 unspecified atom stereocenters. The van der Waals surface area contributed by atoms with Crippen LogP contribution in [0.1, 0.15) is 28.4 Å². The highest BCUT2D eigenvalue weighted by Crippen LogP contribution is 2.20. The van der Waals surface area contributed by atoms with Crippen molar-refractivity contribution in [2.45, 2.75) is 13.8 Å². The third-order valence-electron chi connectivity index (χ3n) is 2.67. The van der Waals surface area contributed by atoms with Crippen molar-refractivity contribution < 1.29 is 19.4 Å². The van der Waals surface area contributed by atoms with Crippen LogP contribution in [-0.4, -0.2) is 48.7 Å². The number of carbonyl (C=O) groups excluding carboxylic acids is 1. The van der Waals surface area contributed by atoms with Crippen LogP contribution in [0.15, 0.2) is 18.2 Å². The maximum atomic E-state index is 12.5. The number of ether oxygens (including phenoxy) is 1. The van der Waals surface area contributed by atoms with E-state index in [1.165, 1.54) is 17.4 Å². The van der Waals surface area contributed by atoms with E-state index < -0.39 is 5.97 Å². The topological polar surface area (TPSA) is 66.8 Å². The summed E-state index contributed by atoms with van der Waals surface area (Å²) in [5.74, 6) is -0.671. The lowest BCUT2D eigenvalue weighted by Crippen LogP contribution is -2.36. The molecule has 0 saturated carbocycles. The first-order valence-electron chi connectivity index (χ1n) is 6.73. The van der Waals surface area contributed by atoms with Crippen LogP contribution in [0.25, 0.3) is 6.08 Å². The minimum Gasteiger partial charge on any atom is -0.478 e. The normalized spacial score (nSPS) is 11.2. The van der Waals surface area contributed by atoms with Crippen molar-refractivity contribution in [1.29, 1.82) is 0 Å². The van der Waals surface area contributed by atoms with E-state index in [0.29, 0.717) is 30.5 Å². The number of aliphatic carboxylic acids is 1. The maximum Gasteiger partial charge on any atom is 0.328 e. The molecule has 0 bridgehead atoms. The quantitative estimate of drug-likeness (QED) is 0.749.